The first kappa shape index (κ1) is 64.1. The van der Waals surface area contributed by atoms with Crippen LogP contribution in [0.2, 0.25) is 0 Å². The molecule has 0 aromatic carbocycles. The topological polar surface area (TPSA) is 78.9 Å². The summed E-state index contributed by atoms with van der Waals surface area (Å²) in [6.07, 6.45) is 69.9. The molecular weight excluding hydrogens is 829 g/mol. The van der Waals surface area contributed by atoms with Crippen LogP contribution in [-0.2, 0) is 28.6 Å². The summed E-state index contributed by atoms with van der Waals surface area (Å²) in [7, 11) is 0. The van der Waals surface area contributed by atoms with Gasteiger partial charge in [-0.25, -0.2) is 0 Å². The Hall–Kier alpha value is -2.89. The van der Waals surface area contributed by atoms with Gasteiger partial charge in [-0.15, -0.1) is 0 Å². The van der Waals surface area contributed by atoms with Crippen molar-refractivity contribution in [2.75, 3.05) is 13.2 Å². The summed E-state index contributed by atoms with van der Waals surface area (Å²) in [5.41, 5.74) is 0. The van der Waals surface area contributed by atoms with E-state index in [0.29, 0.717) is 19.3 Å². The molecule has 0 saturated carbocycles. The van der Waals surface area contributed by atoms with Crippen molar-refractivity contribution in [3.05, 3.63) is 60.8 Å². The summed E-state index contributed by atoms with van der Waals surface area (Å²) < 4.78 is 16.7. The van der Waals surface area contributed by atoms with E-state index in [-0.39, 0.29) is 31.1 Å². The molecule has 1 unspecified atom stereocenters. The van der Waals surface area contributed by atoms with Crippen LogP contribution >= 0.6 is 0 Å². The Bertz CT molecular complexity index is 1210. The molecule has 0 aliphatic carbocycles. The van der Waals surface area contributed by atoms with Gasteiger partial charge in [0.1, 0.15) is 13.2 Å². The molecule has 388 valence electrons. The van der Waals surface area contributed by atoms with Gasteiger partial charge in [0.25, 0.3) is 0 Å². The second-order valence-electron chi connectivity index (χ2n) is 19.2. The number of hydrogen-bond donors (Lipinski definition) is 0. The van der Waals surface area contributed by atoms with E-state index in [1.54, 1.807) is 0 Å². The fourth-order valence-electron chi connectivity index (χ4n) is 8.24. The van der Waals surface area contributed by atoms with Gasteiger partial charge in [-0.1, -0.05) is 268 Å². The Balaban J connectivity index is 4.09. The quantitative estimate of drug-likeness (QED) is 0.0262. The smallest absolute Gasteiger partial charge is 0.306 e. The van der Waals surface area contributed by atoms with E-state index in [1.165, 1.54) is 148 Å². The van der Waals surface area contributed by atoms with E-state index >= 15 is 0 Å². The highest BCUT2D eigenvalue weighted by Crippen LogP contribution is 2.17. The summed E-state index contributed by atoms with van der Waals surface area (Å²) >= 11 is 0. The third kappa shape index (κ3) is 53.9. The molecular formula is C61H108O6. The largest absolute Gasteiger partial charge is 0.462 e. The number of esters is 3. The van der Waals surface area contributed by atoms with E-state index < -0.39 is 6.10 Å². The van der Waals surface area contributed by atoms with Crippen LogP contribution in [0, 0.1) is 0 Å². The van der Waals surface area contributed by atoms with Crippen LogP contribution in [-0.4, -0.2) is 37.2 Å². The second kappa shape index (κ2) is 55.7. The Morgan fingerprint density at radius 2 is 0.582 bits per heavy atom. The van der Waals surface area contributed by atoms with Crippen LogP contribution < -0.4 is 0 Å². The Morgan fingerprint density at radius 3 is 0.910 bits per heavy atom. The van der Waals surface area contributed by atoms with Crippen molar-refractivity contribution in [2.45, 2.75) is 297 Å². The predicted molar refractivity (Wildman–Crippen MR) is 288 cm³/mol. The maximum Gasteiger partial charge on any atom is 0.306 e. The maximum atomic E-state index is 12.8. The molecule has 0 fully saturated rings. The van der Waals surface area contributed by atoms with Crippen LogP contribution in [0.1, 0.15) is 290 Å². The minimum Gasteiger partial charge on any atom is -0.462 e. The lowest BCUT2D eigenvalue weighted by molar-refractivity contribution is -0.167. The number of carbonyl (C=O) groups is 3. The number of ether oxygens (including phenoxy) is 3. The second-order valence-corrected chi connectivity index (χ2v) is 19.2. The van der Waals surface area contributed by atoms with Crippen molar-refractivity contribution < 1.29 is 28.6 Å². The normalized spacial score (nSPS) is 12.5. The molecule has 0 spiro atoms. The molecule has 0 heterocycles. The molecule has 0 N–H and O–H groups in total. The summed E-state index contributed by atoms with van der Waals surface area (Å²) in [6, 6.07) is 0. The summed E-state index contributed by atoms with van der Waals surface area (Å²) in [4.78, 5) is 37.8. The minimum absolute atomic E-state index is 0.0855. The van der Waals surface area contributed by atoms with Gasteiger partial charge in [0, 0.05) is 19.3 Å². The number of rotatable bonds is 52. The van der Waals surface area contributed by atoms with Crippen molar-refractivity contribution in [1.82, 2.24) is 0 Å². The average molecular weight is 938 g/mol. The fraction of sp³-hybridized carbons (Fsp3) is 0.787. The molecule has 0 aliphatic heterocycles. The molecule has 1 atom stereocenters. The van der Waals surface area contributed by atoms with Gasteiger partial charge in [-0.2, -0.15) is 0 Å². The van der Waals surface area contributed by atoms with Gasteiger partial charge >= 0.3 is 17.9 Å². The average Bonchev–Trinajstić information content (AvgIpc) is 3.33. The maximum absolute atomic E-state index is 12.8. The molecule has 6 nitrogen and oxygen atoms in total. The van der Waals surface area contributed by atoms with Gasteiger partial charge in [0.2, 0.25) is 0 Å². The van der Waals surface area contributed by atoms with Gasteiger partial charge in [-0.05, 0) is 64.2 Å². The fourth-order valence-corrected chi connectivity index (χ4v) is 8.24. The van der Waals surface area contributed by atoms with Gasteiger partial charge in [0.05, 0.1) is 0 Å². The third-order valence-electron chi connectivity index (χ3n) is 12.5. The van der Waals surface area contributed by atoms with Crippen molar-refractivity contribution >= 4 is 17.9 Å². The lowest BCUT2D eigenvalue weighted by Gasteiger charge is -2.18. The van der Waals surface area contributed by atoms with Crippen LogP contribution in [0.4, 0.5) is 0 Å². The number of carbonyl (C=O) groups excluding carboxylic acids is 3. The van der Waals surface area contributed by atoms with Gasteiger partial charge in [-0.3, -0.25) is 14.4 Å². The van der Waals surface area contributed by atoms with Crippen LogP contribution in [0.25, 0.3) is 0 Å². The Kier molecular flexibility index (Phi) is 53.3. The van der Waals surface area contributed by atoms with Crippen molar-refractivity contribution in [3.63, 3.8) is 0 Å². The first-order valence-electron chi connectivity index (χ1n) is 28.8. The first-order valence-corrected chi connectivity index (χ1v) is 28.8. The highest BCUT2D eigenvalue weighted by Gasteiger charge is 2.19. The van der Waals surface area contributed by atoms with Crippen LogP contribution in [0.3, 0.4) is 0 Å². The standard InChI is InChI=1S/C61H108O6/c1-4-7-10-13-15-17-19-21-23-25-27-28-29-30-31-32-34-35-37-39-41-43-45-48-51-54-60(63)66-57-58(56-65-59(62)53-50-47-12-9-6-3)67-61(64)55-52-49-46-44-42-40-38-36-33-26-24-22-20-18-16-14-11-8-5-2/h8,11,16,18,22,24,33,36,40,42,58H,4-7,9-10,12-15,17,19-21,23,25-32,34-35,37-39,41,43-57H2,1-3H3/b11-8-,18-16-,24-22-,36-33-,42-40-. The monoisotopic (exact) mass is 937 g/mol. The third-order valence-corrected chi connectivity index (χ3v) is 12.5. The molecule has 67 heavy (non-hydrogen) atoms. The van der Waals surface area contributed by atoms with E-state index in [2.05, 4.69) is 81.5 Å². The van der Waals surface area contributed by atoms with Crippen molar-refractivity contribution in [3.8, 4) is 0 Å². The van der Waals surface area contributed by atoms with Gasteiger partial charge in [0.15, 0.2) is 6.10 Å². The molecule has 0 radical (unpaired) electrons. The summed E-state index contributed by atoms with van der Waals surface area (Å²) in [6.45, 7) is 6.44. The highest BCUT2D eigenvalue weighted by molar-refractivity contribution is 5.71. The lowest BCUT2D eigenvalue weighted by Crippen LogP contribution is -2.30. The summed E-state index contributed by atoms with van der Waals surface area (Å²) in [5, 5.41) is 0. The first-order chi connectivity index (χ1) is 33.0. The zero-order valence-electron chi connectivity index (χ0n) is 44.4. The Labute approximate surface area is 415 Å². The van der Waals surface area contributed by atoms with E-state index in [0.717, 1.165) is 103 Å². The van der Waals surface area contributed by atoms with E-state index in [4.69, 9.17) is 14.2 Å². The van der Waals surface area contributed by atoms with Gasteiger partial charge < -0.3 is 14.2 Å². The Morgan fingerprint density at radius 1 is 0.313 bits per heavy atom. The zero-order valence-corrected chi connectivity index (χ0v) is 44.4. The molecule has 0 bridgehead atoms. The van der Waals surface area contributed by atoms with Crippen molar-refractivity contribution in [2.24, 2.45) is 0 Å². The highest BCUT2D eigenvalue weighted by atomic mass is 16.6. The predicted octanol–water partition coefficient (Wildman–Crippen LogP) is 19.2. The molecule has 0 rings (SSSR count). The number of allylic oxidation sites excluding steroid dienone is 10. The molecule has 0 saturated heterocycles. The van der Waals surface area contributed by atoms with E-state index in [1.807, 2.05) is 0 Å². The van der Waals surface area contributed by atoms with Crippen molar-refractivity contribution in [1.29, 1.82) is 0 Å². The molecule has 0 aromatic rings. The molecule has 0 aromatic heterocycles. The van der Waals surface area contributed by atoms with E-state index in [9.17, 15) is 14.4 Å². The minimum atomic E-state index is -0.786. The zero-order chi connectivity index (χ0) is 48.6. The SMILES string of the molecule is CC/C=C\C/C=C\C/C=C\C/C=C\C/C=C\CCCCCC(=O)OC(COC(=O)CCCCCCC)COC(=O)CCCCCCCCCCCCCCCCCCCCCCCCCCC. The summed E-state index contributed by atoms with van der Waals surface area (Å²) in [5.74, 6) is -0.923. The lowest BCUT2D eigenvalue weighted by atomic mass is 10.0. The molecule has 0 aliphatic rings. The van der Waals surface area contributed by atoms with Crippen LogP contribution in [0.5, 0.6) is 0 Å². The molecule has 6 heteroatoms. The number of unbranched alkanes of at least 4 members (excludes halogenated alkanes) is 31. The molecule has 0 amide bonds. The van der Waals surface area contributed by atoms with Crippen LogP contribution in [0.15, 0.2) is 60.8 Å². The number of hydrogen-bond acceptors (Lipinski definition) is 6.